The van der Waals surface area contributed by atoms with Gasteiger partial charge >= 0.3 is 17.9 Å². The van der Waals surface area contributed by atoms with E-state index in [0.717, 1.165) is 96.3 Å². The van der Waals surface area contributed by atoms with E-state index in [-0.39, 0.29) is 31.1 Å². The van der Waals surface area contributed by atoms with Crippen LogP contribution in [0.1, 0.15) is 303 Å². The van der Waals surface area contributed by atoms with Crippen LogP contribution in [0.2, 0.25) is 0 Å². The topological polar surface area (TPSA) is 78.9 Å². The summed E-state index contributed by atoms with van der Waals surface area (Å²) in [6, 6.07) is 0. The smallest absolute Gasteiger partial charge is 0.306 e. The molecule has 0 heterocycles. The van der Waals surface area contributed by atoms with Crippen LogP contribution < -0.4 is 0 Å². The zero-order valence-corrected chi connectivity index (χ0v) is 44.7. The van der Waals surface area contributed by atoms with E-state index < -0.39 is 6.10 Å². The van der Waals surface area contributed by atoms with Crippen LogP contribution in [0.5, 0.6) is 0 Å². The molecule has 0 rings (SSSR count). The van der Waals surface area contributed by atoms with Crippen LogP contribution in [0, 0.1) is 0 Å². The summed E-state index contributed by atoms with van der Waals surface area (Å²) in [6.45, 7) is 6.55. The lowest BCUT2D eigenvalue weighted by Gasteiger charge is -2.18. The molecule has 0 saturated heterocycles. The van der Waals surface area contributed by atoms with Gasteiger partial charge in [-0.15, -0.1) is 0 Å². The molecule has 390 valence electrons. The Bertz CT molecular complexity index is 1170. The highest BCUT2D eigenvalue weighted by Crippen LogP contribution is 2.16. The molecule has 0 saturated carbocycles. The molecule has 0 amide bonds. The van der Waals surface area contributed by atoms with Crippen molar-refractivity contribution in [3.05, 3.63) is 48.6 Å². The van der Waals surface area contributed by atoms with Crippen molar-refractivity contribution in [3.8, 4) is 0 Å². The molecular formula is C61H110O6. The van der Waals surface area contributed by atoms with Crippen LogP contribution in [0.3, 0.4) is 0 Å². The molecule has 0 aromatic heterocycles. The highest BCUT2D eigenvalue weighted by molar-refractivity contribution is 5.71. The molecule has 6 heteroatoms. The van der Waals surface area contributed by atoms with Gasteiger partial charge in [0.1, 0.15) is 13.2 Å². The van der Waals surface area contributed by atoms with Crippen molar-refractivity contribution >= 4 is 17.9 Å². The molecule has 0 aromatic rings. The lowest BCUT2D eigenvalue weighted by atomic mass is 10.0. The zero-order chi connectivity index (χ0) is 48.6. The van der Waals surface area contributed by atoms with Crippen LogP contribution in [0.4, 0.5) is 0 Å². The molecule has 0 aliphatic carbocycles. The third-order valence-electron chi connectivity index (χ3n) is 12.8. The average molecular weight is 940 g/mol. The van der Waals surface area contributed by atoms with Crippen molar-refractivity contribution in [2.75, 3.05) is 13.2 Å². The van der Waals surface area contributed by atoms with E-state index in [4.69, 9.17) is 14.2 Å². The van der Waals surface area contributed by atoms with E-state index in [0.29, 0.717) is 19.3 Å². The Balaban J connectivity index is 4.35. The van der Waals surface area contributed by atoms with E-state index in [2.05, 4.69) is 69.4 Å². The molecule has 0 aliphatic rings. The molecule has 0 fully saturated rings. The van der Waals surface area contributed by atoms with Crippen molar-refractivity contribution in [2.24, 2.45) is 0 Å². The van der Waals surface area contributed by atoms with Crippen molar-refractivity contribution < 1.29 is 28.6 Å². The molecule has 0 aliphatic heterocycles. The SMILES string of the molecule is CC/C=C\C/C=C\C/C=C\CCCCCCCC(=O)OC(COC(=O)CCCCCCCCCCC/C=C\CCCCCCCC)COC(=O)CCCCCCCCCCCCCCCCC. The van der Waals surface area contributed by atoms with Crippen molar-refractivity contribution in [1.82, 2.24) is 0 Å². The number of carbonyl (C=O) groups is 3. The second-order valence-electron chi connectivity index (χ2n) is 19.5. The summed E-state index contributed by atoms with van der Waals surface area (Å²) in [5, 5.41) is 0. The first-order valence-electron chi connectivity index (χ1n) is 29.1. The Morgan fingerprint density at radius 2 is 0.582 bits per heavy atom. The lowest BCUT2D eigenvalue weighted by Crippen LogP contribution is -2.30. The maximum Gasteiger partial charge on any atom is 0.306 e. The monoisotopic (exact) mass is 939 g/mol. The van der Waals surface area contributed by atoms with Crippen molar-refractivity contribution in [2.45, 2.75) is 309 Å². The predicted molar refractivity (Wildman–Crippen MR) is 289 cm³/mol. The van der Waals surface area contributed by atoms with Gasteiger partial charge in [-0.3, -0.25) is 14.4 Å². The maximum atomic E-state index is 12.8. The number of esters is 3. The molecular weight excluding hydrogens is 829 g/mol. The van der Waals surface area contributed by atoms with Gasteiger partial charge in [-0.2, -0.15) is 0 Å². The Kier molecular flexibility index (Phi) is 53.8. The molecule has 0 spiro atoms. The summed E-state index contributed by atoms with van der Waals surface area (Å²) in [5.74, 6) is -0.881. The van der Waals surface area contributed by atoms with Crippen LogP contribution in [-0.4, -0.2) is 37.2 Å². The number of carbonyl (C=O) groups excluding carboxylic acids is 3. The summed E-state index contributed by atoms with van der Waals surface area (Å²) in [5.41, 5.74) is 0. The molecule has 6 nitrogen and oxygen atoms in total. The zero-order valence-electron chi connectivity index (χ0n) is 44.7. The van der Waals surface area contributed by atoms with Crippen LogP contribution in [-0.2, 0) is 28.6 Å². The quantitative estimate of drug-likeness (QED) is 0.0262. The number of allylic oxidation sites excluding steroid dienone is 8. The van der Waals surface area contributed by atoms with Crippen LogP contribution in [0.25, 0.3) is 0 Å². The van der Waals surface area contributed by atoms with Gasteiger partial charge in [-0.05, 0) is 77.0 Å². The number of hydrogen-bond acceptors (Lipinski definition) is 6. The third-order valence-corrected chi connectivity index (χ3v) is 12.8. The minimum absolute atomic E-state index is 0.0776. The summed E-state index contributed by atoms with van der Waals surface area (Å²) in [4.78, 5) is 38.2. The molecule has 0 aromatic carbocycles. The first kappa shape index (κ1) is 64.4. The molecule has 1 atom stereocenters. The summed E-state index contributed by atoms with van der Waals surface area (Å²) in [7, 11) is 0. The fraction of sp³-hybridized carbons (Fsp3) is 0.820. The lowest BCUT2D eigenvalue weighted by molar-refractivity contribution is -0.167. The number of rotatable bonds is 53. The van der Waals surface area contributed by atoms with Gasteiger partial charge in [0.15, 0.2) is 6.10 Å². The fourth-order valence-electron chi connectivity index (χ4n) is 8.45. The largest absolute Gasteiger partial charge is 0.462 e. The second kappa shape index (κ2) is 56.0. The van der Waals surface area contributed by atoms with Gasteiger partial charge in [0.25, 0.3) is 0 Å². The minimum atomic E-state index is -0.781. The Morgan fingerprint density at radius 1 is 0.313 bits per heavy atom. The second-order valence-corrected chi connectivity index (χ2v) is 19.5. The van der Waals surface area contributed by atoms with E-state index in [1.165, 1.54) is 167 Å². The summed E-state index contributed by atoms with van der Waals surface area (Å²) in [6.07, 6.45) is 68.1. The number of hydrogen-bond donors (Lipinski definition) is 0. The molecule has 0 radical (unpaired) electrons. The third kappa shape index (κ3) is 54.2. The standard InChI is InChI=1S/C61H110O6/c1-4-7-10-13-16-19-22-25-28-29-30-31-34-36-39-42-45-48-51-54-60(63)66-57-58(67-61(64)55-52-49-46-43-40-37-33-27-24-21-18-15-12-9-6-3)56-65-59(62)53-50-47-44-41-38-35-32-26-23-20-17-14-11-8-5-2/h9,12,18,21,25,27-28,33,58H,4-8,10-11,13-17,19-20,22-24,26,29-32,34-57H2,1-3H3/b12-9-,21-18-,28-25-,33-27-. The van der Waals surface area contributed by atoms with Gasteiger partial charge in [-0.1, -0.05) is 256 Å². The molecule has 0 N–H and O–H groups in total. The highest BCUT2D eigenvalue weighted by Gasteiger charge is 2.19. The maximum absolute atomic E-state index is 12.8. The van der Waals surface area contributed by atoms with E-state index in [9.17, 15) is 14.4 Å². The minimum Gasteiger partial charge on any atom is -0.462 e. The van der Waals surface area contributed by atoms with Gasteiger partial charge < -0.3 is 14.2 Å². The van der Waals surface area contributed by atoms with Gasteiger partial charge in [0, 0.05) is 19.3 Å². The Morgan fingerprint density at radius 3 is 0.925 bits per heavy atom. The Labute approximate surface area is 416 Å². The van der Waals surface area contributed by atoms with Gasteiger partial charge in [0.05, 0.1) is 0 Å². The summed E-state index contributed by atoms with van der Waals surface area (Å²) < 4.78 is 16.9. The first-order valence-corrected chi connectivity index (χ1v) is 29.1. The van der Waals surface area contributed by atoms with E-state index in [1.807, 2.05) is 0 Å². The van der Waals surface area contributed by atoms with Gasteiger partial charge in [-0.25, -0.2) is 0 Å². The fourth-order valence-corrected chi connectivity index (χ4v) is 8.45. The van der Waals surface area contributed by atoms with Crippen molar-refractivity contribution in [3.63, 3.8) is 0 Å². The highest BCUT2D eigenvalue weighted by atomic mass is 16.6. The summed E-state index contributed by atoms with van der Waals surface area (Å²) >= 11 is 0. The van der Waals surface area contributed by atoms with Crippen LogP contribution >= 0.6 is 0 Å². The van der Waals surface area contributed by atoms with Crippen LogP contribution in [0.15, 0.2) is 48.6 Å². The van der Waals surface area contributed by atoms with E-state index >= 15 is 0 Å². The molecule has 1 unspecified atom stereocenters. The molecule has 0 bridgehead atoms. The normalized spacial score (nSPS) is 12.3. The number of ether oxygens (including phenoxy) is 3. The van der Waals surface area contributed by atoms with Crippen molar-refractivity contribution in [1.29, 1.82) is 0 Å². The molecule has 67 heavy (non-hydrogen) atoms. The average Bonchev–Trinajstić information content (AvgIpc) is 3.33. The number of unbranched alkanes of at least 4 members (excludes halogenated alkanes) is 34. The Hall–Kier alpha value is -2.63. The predicted octanol–water partition coefficient (Wildman–Crippen LogP) is 19.4. The van der Waals surface area contributed by atoms with E-state index in [1.54, 1.807) is 0 Å². The first-order chi connectivity index (χ1) is 33.0. The van der Waals surface area contributed by atoms with Gasteiger partial charge in [0.2, 0.25) is 0 Å².